The summed E-state index contributed by atoms with van der Waals surface area (Å²) < 4.78 is 13.8. The molecule has 3 aromatic carbocycles. The molecular formula is C37H39FN8O3. The van der Waals surface area contributed by atoms with Crippen LogP contribution in [-0.2, 0) is 23.1 Å². The van der Waals surface area contributed by atoms with Crippen molar-refractivity contribution in [1.82, 2.24) is 36.0 Å². The van der Waals surface area contributed by atoms with Gasteiger partial charge in [-0.1, -0.05) is 12.1 Å². The van der Waals surface area contributed by atoms with Gasteiger partial charge in [0.25, 0.3) is 11.8 Å². The number of amides is 3. The number of hydrogen-bond acceptors (Lipinski definition) is 7. The first-order valence-electron chi connectivity index (χ1n) is 16.5. The van der Waals surface area contributed by atoms with Crippen molar-refractivity contribution in [2.45, 2.75) is 56.5 Å². The van der Waals surface area contributed by atoms with Crippen molar-refractivity contribution in [3.8, 4) is 17.5 Å². The van der Waals surface area contributed by atoms with E-state index in [1.165, 1.54) is 12.1 Å². The number of nitrogens with one attached hydrogen (secondary N) is 4. The number of H-pyrrole nitrogens is 1. The van der Waals surface area contributed by atoms with E-state index in [1.807, 2.05) is 31.2 Å². The molecule has 6 rings (SSSR count). The summed E-state index contributed by atoms with van der Waals surface area (Å²) in [4.78, 5) is 45.5. The highest BCUT2D eigenvalue weighted by molar-refractivity contribution is 5.95. The monoisotopic (exact) mass is 662 g/mol. The second-order valence-corrected chi connectivity index (χ2v) is 12.7. The van der Waals surface area contributed by atoms with Crippen LogP contribution in [0.5, 0.6) is 0 Å². The van der Waals surface area contributed by atoms with Gasteiger partial charge in [-0.2, -0.15) is 10.4 Å². The molecule has 0 spiro atoms. The van der Waals surface area contributed by atoms with Crippen molar-refractivity contribution >= 4 is 17.7 Å². The highest BCUT2D eigenvalue weighted by Crippen LogP contribution is 2.47. The SMILES string of the molecule is CNC(=O)c1ccc2c(c1)CCc1cc(C(=O)NC)ccc1C2(C[C@H](C)NCC(=O)N1CCC[C@H]1C#N)c1nc(-c2ccc(F)cc2)n[nH]1. The Morgan fingerprint density at radius 3 is 2.18 bits per heavy atom. The summed E-state index contributed by atoms with van der Waals surface area (Å²) in [6.45, 7) is 2.61. The van der Waals surface area contributed by atoms with Crippen molar-refractivity contribution in [3.05, 3.63) is 106 Å². The normalized spacial score (nSPS) is 16.9. The number of carbonyl (C=O) groups excluding carboxylic acids is 3. The summed E-state index contributed by atoms with van der Waals surface area (Å²) in [6.07, 6.45) is 3.07. The second kappa shape index (κ2) is 14.0. The summed E-state index contributed by atoms with van der Waals surface area (Å²) in [5.41, 5.74) is 4.40. The fraction of sp³-hybridized carbons (Fsp3) is 0.351. The number of carbonyl (C=O) groups is 3. The van der Waals surface area contributed by atoms with E-state index in [-0.39, 0.29) is 36.1 Å². The third-order valence-corrected chi connectivity index (χ3v) is 9.70. The average molecular weight is 663 g/mol. The summed E-state index contributed by atoms with van der Waals surface area (Å²) in [7, 11) is 3.19. The number of aromatic amines is 1. The molecule has 49 heavy (non-hydrogen) atoms. The van der Waals surface area contributed by atoms with E-state index in [2.05, 4.69) is 32.2 Å². The minimum absolute atomic E-state index is 0.0532. The number of rotatable bonds is 9. The minimum Gasteiger partial charge on any atom is -0.355 e. The van der Waals surface area contributed by atoms with Crippen LogP contribution in [0, 0.1) is 17.1 Å². The molecule has 0 unspecified atom stereocenters. The Balaban J connectivity index is 1.50. The third kappa shape index (κ3) is 6.41. The van der Waals surface area contributed by atoms with Crippen LogP contribution >= 0.6 is 0 Å². The predicted octanol–water partition coefficient (Wildman–Crippen LogP) is 3.65. The van der Waals surface area contributed by atoms with Crippen LogP contribution in [-0.4, -0.2) is 77.1 Å². The highest BCUT2D eigenvalue weighted by Gasteiger charge is 2.45. The van der Waals surface area contributed by atoms with Crippen molar-refractivity contribution in [2.24, 2.45) is 0 Å². The molecule has 1 fully saturated rings. The first-order chi connectivity index (χ1) is 23.7. The Kier molecular flexibility index (Phi) is 9.56. The van der Waals surface area contributed by atoms with Crippen molar-refractivity contribution in [2.75, 3.05) is 27.2 Å². The fourth-order valence-corrected chi connectivity index (χ4v) is 7.27. The Morgan fingerprint density at radius 2 is 1.61 bits per heavy atom. The Labute approximate surface area is 284 Å². The lowest BCUT2D eigenvalue weighted by Gasteiger charge is -2.37. The summed E-state index contributed by atoms with van der Waals surface area (Å²) >= 11 is 0. The predicted molar refractivity (Wildman–Crippen MR) is 181 cm³/mol. The van der Waals surface area contributed by atoms with Gasteiger partial charge in [0.1, 0.15) is 17.7 Å². The van der Waals surface area contributed by atoms with E-state index < -0.39 is 11.5 Å². The van der Waals surface area contributed by atoms with E-state index >= 15 is 0 Å². The van der Waals surface area contributed by atoms with Gasteiger partial charge in [0, 0.05) is 43.4 Å². The van der Waals surface area contributed by atoms with Crippen LogP contribution in [0.1, 0.15) is 75.0 Å². The third-order valence-electron chi connectivity index (χ3n) is 9.70. The molecule has 252 valence electrons. The first-order valence-corrected chi connectivity index (χ1v) is 16.5. The molecule has 0 radical (unpaired) electrons. The topological polar surface area (TPSA) is 156 Å². The van der Waals surface area contributed by atoms with E-state index in [4.69, 9.17) is 4.98 Å². The fourth-order valence-electron chi connectivity index (χ4n) is 7.27. The lowest BCUT2D eigenvalue weighted by molar-refractivity contribution is -0.130. The van der Waals surface area contributed by atoms with E-state index in [0.717, 1.165) is 28.7 Å². The molecule has 0 saturated carbocycles. The summed E-state index contributed by atoms with van der Waals surface area (Å²) in [6, 6.07) is 18.8. The summed E-state index contributed by atoms with van der Waals surface area (Å²) in [5, 5.41) is 26.2. The Bertz CT molecular complexity index is 1860. The van der Waals surface area contributed by atoms with Gasteiger partial charge >= 0.3 is 0 Å². The number of fused-ring (bicyclic) bond motifs is 2. The smallest absolute Gasteiger partial charge is 0.251 e. The zero-order valence-corrected chi connectivity index (χ0v) is 27.8. The van der Waals surface area contributed by atoms with Gasteiger partial charge in [-0.3, -0.25) is 19.5 Å². The average Bonchev–Trinajstić information content (AvgIpc) is 3.80. The van der Waals surface area contributed by atoms with E-state index in [0.29, 0.717) is 60.6 Å². The molecule has 3 amide bonds. The molecule has 4 N–H and O–H groups in total. The van der Waals surface area contributed by atoms with E-state index in [1.54, 1.807) is 43.3 Å². The van der Waals surface area contributed by atoms with Gasteiger partial charge in [0.15, 0.2) is 5.82 Å². The van der Waals surface area contributed by atoms with Crippen LogP contribution in [0.3, 0.4) is 0 Å². The maximum absolute atomic E-state index is 13.8. The van der Waals surface area contributed by atoms with Crippen LogP contribution in [0.15, 0.2) is 60.7 Å². The molecule has 2 heterocycles. The van der Waals surface area contributed by atoms with Gasteiger partial charge in [-0.05, 0) is 110 Å². The van der Waals surface area contributed by atoms with Crippen molar-refractivity contribution in [1.29, 1.82) is 5.26 Å². The Morgan fingerprint density at radius 1 is 1.00 bits per heavy atom. The number of aromatic nitrogens is 3. The lowest BCUT2D eigenvalue weighted by atomic mass is 9.67. The molecule has 1 aliphatic carbocycles. The number of halogens is 1. The molecule has 4 aromatic rings. The van der Waals surface area contributed by atoms with Crippen LogP contribution < -0.4 is 16.0 Å². The van der Waals surface area contributed by atoms with Gasteiger partial charge in [-0.15, -0.1) is 0 Å². The quantitative estimate of drug-likeness (QED) is 0.213. The number of hydrogen-bond donors (Lipinski definition) is 4. The number of aryl methyl sites for hydroxylation is 2. The molecule has 1 aliphatic heterocycles. The number of nitriles is 1. The Hall–Kier alpha value is -5.41. The molecule has 2 aliphatic rings. The highest BCUT2D eigenvalue weighted by atomic mass is 19.1. The molecule has 11 nitrogen and oxygen atoms in total. The van der Waals surface area contributed by atoms with E-state index in [9.17, 15) is 24.0 Å². The first kappa shape index (κ1) is 33.5. The zero-order valence-electron chi connectivity index (χ0n) is 27.8. The van der Waals surface area contributed by atoms with Gasteiger partial charge in [0.05, 0.1) is 18.0 Å². The van der Waals surface area contributed by atoms with Crippen LogP contribution in [0.25, 0.3) is 11.4 Å². The zero-order chi connectivity index (χ0) is 34.7. The summed E-state index contributed by atoms with van der Waals surface area (Å²) in [5.74, 6) is 0.00266. The molecule has 1 saturated heterocycles. The number of nitrogens with zero attached hydrogens (tertiary/aromatic N) is 4. The molecule has 0 bridgehead atoms. The largest absolute Gasteiger partial charge is 0.355 e. The maximum atomic E-state index is 13.8. The minimum atomic E-state index is -0.979. The standard InChI is InChI=1S/C37H39FN8O3/c1-22(42-21-32(47)46-16-4-5-29(46)20-39)19-37(36-43-33(44-45-36)23-8-12-28(38)13-9-23)30-14-10-26(34(48)40-2)17-24(30)6-7-25-18-27(35(49)41-3)11-15-31(25)37/h8-15,17-18,22,29,42H,4-7,16,19,21H2,1-3H3,(H,40,48)(H,41,49)(H,43,44,45)/t22-,29-/m0/s1. The maximum Gasteiger partial charge on any atom is 0.251 e. The molecule has 12 heteroatoms. The molecule has 2 atom stereocenters. The van der Waals surface area contributed by atoms with Crippen LogP contribution in [0.2, 0.25) is 0 Å². The molecular weight excluding hydrogens is 623 g/mol. The molecule has 1 aromatic heterocycles. The van der Waals surface area contributed by atoms with Gasteiger partial charge in [0.2, 0.25) is 5.91 Å². The second-order valence-electron chi connectivity index (χ2n) is 12.7. The number of likely N-dealkylation sites (tertiary alicyclic amines) is 1. The lowest BCUT2D eigenvalue weighted by Crippen LogP contribution is -2.45. The van der Waals surface area contributed by atoms with Crippen molar-refractivity contribution < 1.29 is 18.8 Å². The van der Waals surface area contributed by atoms with Crippen molar-refractivity contribution in [3.63, 3.8) is 0 Å². The van der Waals surface area contributed by atoms with Crippen LogP contribution in [0.4, 0.5) is 4.39 Å². The van der Waals surface area contributed by atoms with Gasteiger partial charge in [-0.25, -0.2) is 9.37 Å². The number of benzene rings is 3. The van der Waals surface area contributed by atoms with Gasteiger partial charge < -0.3 is 20.9 Å².